The smallest absolute Gasteiger partial charge is 0.115 e. The van der Waals surface area contributed by atoms with Gasteiger partial charge in [0.25, 0.3) is 0 Å². The molecule has 2 rings (SSSR count). The van der Waals surface area contributed by atoms with Crippen LogP contribution in [0.4, 0.5) is 0 Å². The lowest BCUT2D eigenvalue weighted by Crippen LogP contribution is -2.28. The Morgan fingerprint density at radius 2 is 2.00 bits per heavy atom. The van der Waals surface area contributed by atoms with Gasteiger partial charge in [0.05, 0.1) is 0 Å². The van der Waals surface area contributed by atoms with Crippen LogP contribution in [-0.4, -0.2) is 23.1 Å². The lowest BCUT2D eigenvalue weighted by molar-refractivity contribution is 0.207. The lowest BCUT2D eigenvalue weighted by Gasteiger charge is -2.30. The van der Waals surface area contributed by atoms with Gasteiger partial charge in [-0.05, 0) is 55.6 Å². The van der Waals surface area contributed by atoms with Gasteiger partial charge in [-0.25, -0.2) is 0 Å². The molecule has 0 radical (unpaired) electrons. The van der Waals surface area contributed by atoms with Crippen molar-refractivity contribution >= 4 is 0 Å². The Balaban J connectivity index is 2.35. The largest absolute Gasteiger partial charge is 0.508 e. The van der Waals surface area contributed by atoms with Crippen LogP contribution in [0.5, 0.6) is 5.75 Å². The lowest BCUT2D eigenvalue weighted by atomic mass is 9.97. The van der Waals surface area contributed by atoms with Crippen molar-refractivity contribution in [1.29, 1.82) is 0 Å². The van der Waals surface area contributed by atoms with Crippen molar-refractivity contribution in [2.24, 2.45) is 0 Å². The predicted molar refractivity (Wildman–Crippen MR) is 71.3 cm³/mol. The average Bonchev–Trinajstić information content (AvgIpc) is 2.53. The molecule has 1 aliphatic carbocycles. The highest BCUT2D eigenvalue weighted by atomic mass is 16.3. The summed E-state index contributed by atoms with van der Waals surface area (Å²) in [5.41, 5.74) is 2.78. The van der Waals surface area contributed by atoms with Gasteiger partial charge in [0.2, 0.25) is 0 Å². The second-order valence-corrected chi connectivity index (χ2v) is 4.87. The number of hydrogen-bond donors (Lipinski definition) is 1. The van der Waals surface area contributed by atoms with Gasteiger partial charge >= 0.3 is 0 Å². The minimum absolute atomic E-state index is 0.406. The highest BCUT2D eigenvalue weighted by Crippen LogP contribution is 2.34. The molecule has 0 saturated carbocycles. The molecule has 0 aromatic heterocycles. The number of nitrogens with zero attached hydrogens (tertiary/aromatic N) is 1. The Hall–Kier alpha value is -1.02. The predicted octanol–water partition coefficient (Wildman–Crippen LogP) is 3.50. The van der Waals surface area contributed by atoms with E-state index in [1.165, 1.54) is 30.4 Å². The Morgan fingerprint density at radius 1 is 1.24 bits per heavy atom. The van der Waals surface area contributed by atoms with E-state index in [1.807, 2.05) is 12.1 Å². The number of phenolic OH excluding ortho intramolecular Hbond substituents is 1. The molecule has 2 nitrogen and oxygen atoms in total. The second-order valence-electron chi connectivity index (χ2n) is 4.87. The van der Waals surface area contributed by atoms with E-state index in [1.54, 1.807) is 0 Å². The van der Waals surface area contributed by atoms with Gasteiger partial charge < -0.3 is 5.11 Å². The highest BCUT2D eigenvalue weighted by molar-refractivity contribution is 5.37. The molecule has 0 aliphatic heterocycles. The molecule has 1 atom stereocenters. The average molecular weight is 233 g/mol. The number of fused-ring (bicyclic) bond motifs is 1. The molecule has 0 bridgehead atoms. The third-order valence-corrected chi connectivity index (χ3v) is 3.91. The fourth-order valence-electron chi connectivity index (χ4n) is 2.99. The van der Waals surface area contributed by atoms with E-state index in [0.29, 0.717) is 11.8 Å². The van der Waals surface area contributed by atoms with Gasteiger partial charge in [-0.3, -0.25) is 4.90 Å². The number of hydrogen-bond acceptors (Lipinski definition) is 2. The SMILES string of the molecule is CCN(CC)C1CCCCc2cc(O)ccc21. The molecular weight excluding hydrogens is 210 g/mol. The fourth-order valence-corrected chi connectivity index (χ4v) is 2.99. The van der Waals surface area contributed by atoms with Crippen molar-refractivity contribution in [3.63, 3.8) is 0 Å². The Labute approximate surface area is 104 Å². The Morgan fingerprint density at radius 3 is 2.71 bits per heavy atom. The van der Waals surface area contributed by atoms with Crippen LogP contribution in [-0.2, 0) is 6.42 Å². The van der Waals surface area contributed by atoms with Crippen LogP contribution in [0.1, 0.15) is 50.3 Å². The first-order valence-electron chi connectivity index (χ1n) is 6.82. The Bertz CT molecular complexity index is 371. The van der Waals surface area contributed by atoms with Crippen molar-refractivity contribution in [1.82, 2.24) is 4.90 Å². The molecule has 0 fully saturated rings. The number of phenols is 1. The molecule has 2 heteroatoms. The van der Waals surface area contributed by atoms with Crippen molar-refractivity contribution in [3.8, 4) is 5.75 Å². The summed E-state index contributed by atoms with van der Waals surface area (Å²) >= 11 is 0. The third kappa shape index (κ3) is 2.63. The van der Waals surface area contributed by atoms with Crippen molar-refractivity contribution < 1.29 is 5.11 Å². The second kappa shape index (κ2) is 5.54. The van der Waals surface area contributed by atoms with Gasteiger partial charge in [0.1, 0.15) is 5.75 Å². The molecule has 1 aromatic carbocycles. The van der Waals surface area contributed by atoms with Crippen LogP contribution in [0.15, 0.2) is 18.2 Å². The number of rotatable bonds is 3. The number of aromatic hydroxyl groups is 1. The molecule has 94 valence electrons. The van der Waals surface area contributed by atoms with E-state index in [-0.39, 0.29) is 0 Å². The van der Waals surface area contributed by atoms with Crippen LogP contribution < -0.4 is 0 Å². The van der Waals surface area contributed by atoms with Crippen molar-refractivity contribution in [3.05, 3.63) is 29.3 Å². The van der Waals surface area contributed by atoms with Gasteiger partial charge in [-0.15, -0.1) is 0 Å². The number of benzene rings is 1. The number of aryl methyl sites for hydroxylation is 1. The van der Waals surface area contributed by atoms with E-state index >= 15 is 0 Å². The van der Waals surface area contributed by atoms with Crippen LogP contribution >= 0.6 is 0 Å². The molecule has 1 N–H and O–H groups in total. The summed E-state index contributed by atoms with van der Waals surface area (Å²) in [5, 5.41) is 9.61. The van der Waals surface area contributed by atoms with Gasteiger partial charge in [0.15, 0.2) is 0 Å². The van der Waals surface area contributed by atoms with E-state index in [9.17, 15) is 5.11 Å². The fraction of sp³-hybridized carbons (Fsp3) is 0.600. The zero-order chi connectivity index (χ0) is 12.3. The van der Waals surface area contributed by atoms with E-state index < -0.39 is 0 Å². The minimum Gasteiger partial charge on any atom is -0.508 e. The van der Waals surface area contributed by atoms with Crippen LogP contribution in [0, 0.1) is 0 Å². The topological polar surface area (TPSA) is 23.5 Å². The summed E-state index contributed by atoms with van der Waals surface area (Å²) in [7, 11) is 0. The van der Waals surface area contributed by atoms with Crippen molar-refractivity contribution in [2.75, 3.05) is 13.1 Å². The quantitative estimate of drug-likeness (QED) is 0.808. The Kier molecular flexibility index (Phi) is 4.06. The van der Waals surface area contributed by atoms with E-state index in [0.717, 1.165) is 19.5 Å². The van der Waals surface area contributed by atoms with E-state index in [4.69, 9.17) is 0 Å². The zero-order valence-electron chi connectivity index (χ0n) is 10.9. The first-order chi connectivity index (χ1) is 8.26. The molecule has 1 aromatic rings. The monoisotopic (exact) mass is 233 g/mol. The molecule has 1 aliphatic rings. The minimum atomic E-state index is 0.406. The van der Waals surface area contributed by atoms with Crippen LogP contribution in [0.2, 0.25) is 0 Å². The maximum Gasteiger partial charge on any atom is 0.115 e. The molecule has 17 heavy (non-hydrogen) atoms. The highest BCUT2D eigenvalue weighted by Gasteiger charge is 2.22. The van der Waals surface area contributed by atoms with Crippen LogP contribution in [0.25, 0.3) is 0 Å². The van der Waals surface area contributed by atoms with Crippen molar-refractivity contribution in [2.45, 2.75) is 45.6 Å². The summed E-state index contributed by atoms with van der Waals surface area (Å²) < 4.78 is 0. The van der Waals surface area contributed by atoms with E-state index in [2.05, 4.69) is 24.8 Å². The van der Waals surface area contributed by atoms with Crippen LogP contribution in [0.3, 0.4) is 0 Å². The summed E-state index contributed by atoms with van der Waals surface area (Å²) in [6, 6.07) is 6.46. The molecule has 0 spiro atoms. The summed E-state index contributed by atoms with van der Waals surface area (Å²) in [5.74, 6) is 0.406. The summed E-state index contributed by atoms with van der Waals surface area (Å²) in [4.78, 5) is 2.53. The first kappa shape index (κ1) is 12.4. The van der Waals surface area contributed by atoms with Gasteiger partial charge in [-0.2, -0.15) is 0 Å². The summed E-state index contributed by atoms with van der Waals surface area (Å²) in [6.45, 7) is 6.66. The summed E-state index contributed by atoms with van der Waals surface area (Å²) in [6.07, 6.45) is 4.89. The third-order valence-electron chi connectivity index (χ3n) is 3.91. The molecule has 0 saturated heterocycles. The normalized spacial score (nSPS) is 20.1. The maximum atomic E-state index is 9.61. The maximum absolute atomic E-state index is 9.61. The molecule has 0 amide bonds. The zero-order valence-corrected chi connectivity index (χ0v) is 10.9. The molecule has 0 heterocycles. The molecular formula is C15H23NO. The molecule has 1 unspecified atom stereocenters. The standard InChI is InChI=1S/C15H23NO/c1-3-16(4-2)15-8-6-5-7-12-11-13(17)9-10-14(12)15/h9-11,15,17H,3-8H2,1-2H3. The first-order valence-corrected chi connectivity index (χ1v) is 6.82. The van der Waals surface area contributed by atoms with Gasteiger partial charge in [-0.1, -0.05) is 26.3 Å². The van der Waals surface area contributed by atoms with Gasteiger partial charge in [0, 0.05) is 6.04 Å².